The Kier molecular flexibility index (Phi) is 3.05. The number of hydrogen-bond donors (Lipinski definition) is 2. The van der Waals surface area contributed by atoms with Crippen molar-refractivity contribution >= 4 is 27.7 Å². The van der Waals surface area contributed by atoms with Crippen LogP contribution in [0.4, 0.5) is 0 Å². The monoisotopic (exact) mass is 228 g/mol. The molecule has 4 heteroatoms. The number of primary amides is 1. The summed E-state index contributed by atoms with van der Waals surface area (Å²) >= 11 is 0. The molecule has 0 aliphatic heterocycles. The van der Waals surface area contributed by atoms with Crippen molar-refractivity contribution in [3.63, 3.8) is 0 Å². The molecule has 86 valence electrons. The topological polar surface area (TPSA) is 73.0 Å². The maximum atomic E-state index is 9.22. The van der Waals surface area contributed by atoms with Gasteiger partial charge in [-0.2, -0.15) is 0 Å². The number of carbonyl (C=O) groups is 1. The number of H-pyrrole nitrogens is 2. The molecule has 2 heterocycles. The third kappa shape index (κ3) is 2.42. The van der Waals surface area contributed by atoms with E-state index in [1.54, 1.807) is 0 Å². The summed E-state index contributed by atoms with van der Waals surface area (Å²) in [5, 5.41) is 2.49. The van der Waals surface area contributed by atoms with E-state index >= 15 is 0 Å². The molecule has 0 bridgehead atoms. The molecule has 0 aliphatic rings. The van der Waals surface area contributed by atoms with Gasteiger partial charge in [-0.25, -0.2) is 4.98 Å². The molecule has 4 N–H and O–H groups in total. The lowest BCUT2D eigenvalue weighted by Crippen LogP contribution is -2.01. The van der Waals surface area contributed by atoms with Crippen LogP contribution in [0.25, 0.3) is 21.8 Å². The van der Waals surface area contributed by atoms with Gasteiger partial charge in [0.1, 0.15) is 0 Å². The highest BCUT2D eigenvalue weighted by molar-refractivity contribution is 6.01. The number of aromatic amines is 2. The zero-order chi connectivity index (χ0) is 12.3. The SMILES string of the molecule is CC(N)=O.c1c[nH+]c2c(c1)ccc1[nH]ccc12. The predicted octanol–water partition coefficient (Wildman–Crippen LogP) is 1.63. The first-order valence-corrected chi connectivity index (χ1v) is 5.31. The van der Waals surface area contributed by atoms with Gasteiger partial charge in [0.25, 0.3) is 0 Å². The Morgan fingerprint density at radius 3 is 2.82 bits per heavy atom. The largest absolute Gasteiger partial charge is 0.370 e. The van der Waals surface area contributed by atoms with E-state index in [2.05, 4.69) is 40.0 Å². The number of hydrogen-bond acceptors (Lipinski definition) is 1. The molecule has 0 aliphatic carbocycles. The number of pyridine rings is 1. The molecule has 0 fully saturated rings. The van der Waals surface area contributed by atoms with Crippen molar-refractivity contribution < 1.29 is 9.78 Å². The average Bonchev–Trinajstić information content (AvgIpc) is 2.76. The maximum Gasteiger partial charge on any atom is 0.220 e. The van der Waals surface area contributed by atoms with Crippen LogP contribution in [0, 0.1) is 0 Å². The minimum absolute atomic E-state index is 0.333. The summed E-state index contributed by atoms with van der Waals surface area (Å²) in [6.45, 7) is 1.31. The van der Waals surface area contributed by atoms with E-state index in [9.17, 15) is 4.79 Å². The van der Waals surface area contributed by atoms with E-state index in [0.29, 0.717) is 0 Å². The van der Waals surface area contributed by atoms with Crippen LogP contribution in [0.3, 0.4) is 0 Å². The number of rotatable bonds is 0. The molecule has 0 saturated heterocycles. The van der Waals surface area contributed by atoms with Crippen LogP contribution in [-0.4, -0.2) is 10.9 Å². The number of aromatic nitrogens is 2. The van der Waals surface area contributed by atoms with Crippen LogP contribution in [0.15, 0.2) is 42.7 Å². The van der Waals surface area contributed by atoms with E-state index in [4.69, 9.17) is 0 Å². The summed E-state index contributed by atoms with van der Waals surface area (Å²) in [7, 11) is 0. The van der Waals surface area contributed by atoms with Gasteiger partial charge in [-0.3, -0.25) is 4.79 Å². The van der Waals surface area contributed by atoms with Crippen molar-refractivity contribution in [2.45, 2.75) is 6.92 Å². The third-order valence-electron chi connectivity index (χ3n) is 2.37. The van der Waals surface area contributed by atoms with Gasteiger partial charge in [0.05, 0.1) is 10.9 Å². The summed E-state index contributed by atoms with van der Waals surface area (Å²) in [5.41, 5.74) is 6.84. The normalized spacial score (nSPS) is 9.94. The Bertz CT molecular complexity index is 654. The fourth-order valence-corrected chi connectivity index (χ4v) is 1.73. The molecule has 3 aromatic rings. The number of nitrogens with two attached hydrogens (primary N) is 1. The zero-order valence-electron chi connectivity index (χ0n) is 9.53. The number of amides is 1. The van der Waals surface area contributed by atoms with E-state index in [1.165, 1.54) is 28.7 Å². The Balaban J connectivity index is 0.000000239. The zero-order valence-corrected chi connectivity index (χ0v) is 9.53. The van der Waals surface area contributed by atoms with Crippen LogP contribution < -0.4 is 10.7 Å². The Hall–Kier alpha value is -2.36. The molecular formula is C13H14N3O+. The van der Waals surface area contributed by atoms with E-state index in [-0.39, 0.29) is 5.91 Å². The van der Waals surface area contributed by atoms with Gasteiger partial charge < -0.3 is 10.7 Å². The summed E-state index contributed by atoms with van der Waals surface area (Å²) in [6.07, 6.45) is 3.92. The second kappa shape index (κ2) is 4.65. The van der Waals surface area contributed by atoms with Crippen LogP contribution in [-0.2, 0) is 4.79 Å². The fourth-order valence-electron chi connectivity index (χ4n) is 1.73. The quantitative estimate of drug-likeness (QED) is 0.603. The third-order valence-corrected chi connectivity index (χ3v) is 2.37. The van der Waals surface area contributed by atoms with Crippen molar-refractivity contribution in [2.75, 3.05) is 0 Å². The first-order valence-electron chi connectivity index (χ1n) is 5.31. The first kappa shape index (κ1) is 11.1. The number of benzene rings is 1. The molecule has 3 rings (SSSR count). The highest BCUT2D eigenvalue weighted by Gasteiger charge is 2.04. The first-order chi connectivity index (χ1) is 8.18. The van der Waals surface area contributed by atoms with Gasteiger partial charge in [-0.05, 0) is 24.3 Å². The Labute approximate surface area is 98.5 Å². The highest BCUT2D eigenvalue weighted by atomic mass is 16.1. The van der Waals surface area contributed by atoms with Crippen LogP contribution >= 0.6 is 0 Å². The number of fused-ring (bicyclic) bond motifs is 3. The molecule has 0 unspecified atom stereocenters. The van der Waals surface area contributed by atoms with E-state index < -0.39 is 0 Å². The molecule has 0 spiro atoms. The Morgan fingerprint density at radius 1 is 1.29 bits per heavy atom. The van der Waals surface area contributed by atoms with E-state index in [0.717, 1.165) is 0 Å². The lowest BCUT2D eigenvalue weighted by atomic mass is 10.1. The summed E-state index contributed by atoms with van der Waals surface area (Å²) in [5.74, 6) is -0.333. The highest BCUT2D eigenvalue weighted by Crippen LogP contribution is 2.19. The van der Waals surface area contributed by atoms with Crippen molar-refractivity contribution in [1.29, 1.82) is 0 Å². The lowest BCUT2D eigenvalue weighted by molar-refractivity contribution is -0.343. The molecule has 4 nitrogen and oxygen atoms in total. The van der Waals surface area contributed by atoms with Crippen molar-refractivity contribution in [3.05, 3.63) is 42.7 Å². The molecule has 1 amide bonds. The van der Waals surface area contributed by atoms with Gasteiger partial charge in [-0.15, -0.1) is 0 Å². The van der Waals surface area contributed by atoms with Gasteiger partial charge in [0.15, 0.2) is 6.20 Å². The van der Waals surface area contributed by atoms with Gasteiger partial charge >= 0.3 is 0 Å². The molecule has 0 atom stereocenters. The summed E-state index contributed by atoms with van der Waals surface area (Å²) < 4.78 is 0. The van der Waals surface area contributed by atoms with Crippen molar-refractivity contribution in [2.24, 2.45) is 5.73 Å². The summed E-state index contributed by atoms with van der Waals surface area (Å²) in [4.78, 5) is 15.7. The fraction of sp³-hybridized carbons (Fsp3) is 0.0769. The minimum Gasteiger partial charge on any atom is -0.370 e. The van der Waals surface area contributed by atoms with Crippen LogP contribution in [0.2, 0.25) is 0 Å². The molecular weight excluding hydrogens is 214 g/mol. The minimum atomic E-state index is -0.333. The lowest BCUT2D eigenvalue weighted by Gasteiger charge is -1.91. The smallest absolute Gasteiger partial charge is 0.220 e. The molecule has 0 radical (unpaired) electrons. The predicted molar refractivity (Wildman–Crippen MR) is 67.2 cm³/mol. The van der Waals surface area contributed by atoms with Crippen molar-refractivity contribution in [3.8, 4) is 0 Å². The van der Waals surface area contributed by atoms with Gasteiger partial charge in [0, 0.05) is 24.6 Å². The van der Waals surface area contributed by atoms with E-state index in [1.807, 2.05) is 18.5 Å². The average molecular weight is 228 g/mol. The maximum absolute atomic E-state index is 9.22. The second-order valence-electron chi connectivity index (χ2n) is 3.75. The molecule has 1 aromatic carbocycles. The standard InChI is InChI=1S/C11H8N2.C2H5NO/c1-2-8-3-4-10-9(5-7-12-10)11(8)13-6-1;1-2(3)4/h1-7,12H;1H3,(H2,3,4)/p+1. The second-order valence-corrected chi connectivity index (χ2v) is 3.75. The summed E-state index contributed by atoms with van der Waals surface area (Å²) in [6, 6.07) is 10.4. The number of nitrogens with one attached hydrogen (secondary N) is 2. The van der Waals surface area contributed by atoms with Crippen molar-refractivity contribution in [1.82, 2.24) is 4.98 Å². The Morgan fingerprint density at radius 2 is 2.06 bits per heavy atom. The van der Waals surface area contributed by atoms with Crippen LogP contribution in [0.1, 0.15) is 6.92 Å². The van der Waals surface area contributed by atoms with Gasteiger partial charge in [-0.1, -0.05) is 0 Å². The molecule has 0 saturated carbocycles. The van der Waals surface area contributed by atoms with Crippen LogP contribution in [0.5, 0.6) is 0 Å². The van der Waals surface area contributed by atoms with Gasteiger partial charge in [0.2, 0.25) is 11.4 Å². The molecule has 2 aromatic heterocycles. The molecule has 17 heavy (non-hydrogen) atoms. The number of carbonyl (C=O) groups excluding carboxylic acids is 1.